The van der Waals surface area contributed by atoms with Crippen molar-refractivity contribution in [2.45, 2.75) is 32.4 Å². The molecule has 1 aromatic rings. The number of piperidine rings is 1. The molecule has 1 fully saturated rings. The number of hydrogen-bond acceptors (Lipinski definition) is 3. The normalized spacial score (nSPS) is 22.9. The van der Waals surface area contributed by atoms with Crippen LogP contribution in [0.1, 0.15) is 25.3 Å². The van der Waals surface area contributed by atoms with Gasteiger partial charge in [-0.1, -0.05) is 37.3 Å². The topological polar surface area (TPSA) is 38.3 Å². The first-order valence-corrected chi connectivity index (χ1v) is 6.19. The number of nitrogens with one attached hydrogen (secondary N) is 1. The summed E-state index contributed by atoms with van der Waals surface area (Å²) in [5.41, 5.74) is 1.03. The zero-order valence-corrected chi connectivity index (χ0v) is 11.4. The van der Waals surface area contributed by atoms with E-state index in [1.54, 1.807) is 0 Å². The molecule has 0 saturated carbocycles. The molecule has 2 unspecified atom stereocenters. The van der Waals surface area contributed by atoms with E-state index < -0.39 is 0 Å². The van der Waals surface area contributed by atoms with Gasteiger partial charge < -0.3 is 10.1 Å². The number of carbonyl (C=O) groups excluding carboxylic acids is 1. The summed E-state index contributed by atoms with van der Waals surface area (Å²) in [5, 5.41) is 3.21. The SMILES string of the molecule is CC1CCNC(C(=O)OCc2ccccc2)C1.Cl. The Balaban J connectivity index is 0.00000162. The largest absolute Gasteiger partial charge is 0.460 e. The molecule has 1 N–H and O–H groups in total. The van der Waals surface area contributed by atoms with E-state index in [2.05, 4.69) is 12.2 Å². The Morgan fingerprint density at radius 2 is 2.11 bits per heavy atom. The highest BCUT2D eigenvalue weighted by atomic mass is 35.5. The van der Waals surface area contributed by atoms with Gasteiger partial charge in [-0.25, -0.2) is 0 Å². The van der Waals surface area contributed by atoms with Gasteiger partial charge in [0.2, 0.25) is 0 Å². The van der Waals surface area contributed by atoms with Crippen molar-refractivity contribution >= 4 is 18.4 Å². The molecule has 1 aromatic carbocycles. The van der Waals surface area contributed by atoms with Crippen LogP contribution in [0.4, 0.5) is 0 Å². The lowest BCUT2D eigenvalue weighted by atomic mass is 9.94. The van der Waals surface area contributed by atoms with E-state index in [0.717, 1.165) is 24.9 Å². The summed E-state index contributed by atoms with van der Waals surface area (Å²) in [5.74, 6) is 0.478. The van der Waals surface area contributed by atoms with Gasteiger partial charge in [-0.15, -0.1) is 12.4 Å². The number of rotatable bonds is 3. The molecule has 0 aromatic heterocycles. The average Bonchev–Trinajstić information content (AvgIpc) is 2.37. The number of ether oxygens (including phenoxy) is 1. The van der Waals surface area contributed by atoms with Gasteiger partial charge in [0.1, 0.15) is 12.6 Å². The molecule has 4 heteroatoms. The summed E-state index contributed by atoms with van der Waals surface area (Å²) in [4.78, 5) is 11.8. The van der Waals surface area contributed by atoms with E-state index in [1.165, 1.54) is 0 Å². The van der Waals surface area contributed by atoms with Crippen LogP contribution in [0.2, 0.25) is 0 Å². The molecule has 2 rings (SSSR count). The second-order valence-electron chi connectivity index (χ2n) is 4.73. The first kappa shape index (κ1) is 15.0. The van der Waals surface area contributed by atoms with Gasteiger partial charge in [-0.2, -0.15) is 0 Å². The van der Waals surface area contributed by atoms with E-state index >= 15 is 0 Å². The second-order valence-corrected chi connectivity index (χ2v) is 4.73. The van der Waals surface area contributed by atoms with Gasteiger partial charge in [0.25, 0.3) is 0 Å². The van der Waals surface area contributed by atoms with Crippen LogP contribution >= 0.6 is 12.4 Å². The van der Waals surface area contributed by atoms with Crippen LogP contribution in [-0.4, -0.2) is 18.6 Å². The average molecular weight is 270 g/mol. The summed E-state index contributed by atoms with van der Waals surface area (Å²) in [6.07, 6.45) is 2.02. The third-order valence-corrected chi connectivity index (χ3v) is 3.17. The maximum absolute atomic E-state index is 11.8. The molecular formula is C14H20ClNO2. The molecule has 3 nitrogen and oxygen atoms in total. The van der Waals surface area contributed by atoms with E-state index in [0.29, 0.717) is 12.5 Å². The minimum absolute atomic E-state index is 0. The number of benzene rings is 1. The Bertz CT molecular complexity index is 369. The summed E-state index contributed by atoms with van der Waals surface area (Å²) >= 11 is 0. The maximum Gasteiger partial charge on any atom is 0.323 e. The van der Waals surface area contributed by atoms with Crippen LogP contribution < -0.4 is 5.32 Å². The Morgan fingerprint density at radius 1 is 1.39 bits per heavy atom. The second kappa shape index (κ2) is 7.39. The Kier molecular flexibility index (Phi) is 6.16. The third kappa shape index (κ3) is 4.31. The van der Waals surface area contributed by atoms with Crippen molar-refractivity contribution in [2.75, 3.05) is 6.54 Å². The van der Waals surface area contributed by atoms with Crippen LogP contribution in [0, 0.1) is 5.92 Å². The number of esters is 1. The lowest BCUT2D eigenvalue weighted by Crippen LogP contribution is -2.43. The molecule has 0 aliphatic carbocycles. The van der Waals surface area contributed by atoms with Crippen LogP contribution in [0.15, 0.2) is 30.3 Å². The predicted molar refractivity (Wildman–Crippen MR) is 73.7 cm³/mol. The van der Waals surface area contributed by atoms with Gasteiger partial charge in [0.05, 0.1) is 0 Å². The first-order chi connectivity index (χ1) is 8.25. The van der Waals surface area contributed by atoms with Gasteiger partial charge >= 0.3 is 5.97 Å². The molecule has 2 atom stereocenters. The highest BCUT2D eigenvalue weighted by Gasteiger charge is 2.25. The highest BCUT2D eigenvalue weighted by Crippen LogP contribution is 2.16. The van der Waals surface area contributed by atoms with Crippen molar-refractivity contribution in [1.29, 1.82) is 0 Å². The molecule has 1 saturated heterocycles. The summed E-state index contributed by atoms with van der Waals surface area (Å²) in [7, 11) is 0. The predicted octanol–water partition coefficient (Wildman–Crippen LogP) is 2.54. The van der Waals surface area contributed by atoms with E-state index in [1.807, 2.05) is 30.3 Å². The van der Waals surface area contributed by atoms with Gasteiger partial charge in [0, 0.05) is 0 Å². The minimum atomic E-state index is -0.125. The molecule has 1 heterocycles. The zero-order valence-electron chi connectivity index (χ0n) is 10.6. The van der Waals surface area contributed by atoms with Crippen molar-refractivity contribution < 1.29 is 9.53 Å². The van der Waals surface area contributed by atoms with Crippen LogP contribution in [0.25, 0.3) is 0 Å². The monoisotopic (exact) mass is 269 g/mol. The molecular weight excluding hydrogens is 250 g/mol. The number of halogens is 1. The highest BCUT2D eigenvalue weighted by molar-refractivity contribution is 5.85. The summed E-state index contributed by atoms with van der Waals surface area (Å²) < 4.78 is 5.31. The lowest BCUT2D eigenvalue weighted by Gasteiger charge is -2.26. The lowest BCUT2D eigenvalue weighted by molar-refractivity contribution is -0.148. The van der Waals surface area contributed by atoms with E-state index in [9.17, 15) is 4.79 Å². The number of carbonyl (C=O) groups is 1. The first-order valence-electron chi connectivity index (χ1n) is 6.19. The van der Waals surface area contributed by atoms with Crippen LogP contribution in [0.5, 0.6) is 0 Å². The summed E-state index contributed by atoms with van der Waals surface area (Å²) in [6.45, 7) is 3.46. The molecule has 0 radical (unpaired) electrons. The van der Waals surface area contributed by atoms with Crippen LogP contribution in [0.3, 0.4) is 0 Å². The van der Waals surface area contributed by atoms with Crippen LogP contribution in [-0.2, 0) is 16.1 Å². The minimum Gasteiger partial charge on any atom is -0.460 e. The fourth-order valence-electron chi connectivity index (χ4n) is 2.12. The van der Waals surface area contributed by atoms with Crippen molar-refractivity contribution in [2.24, 2.45) is 5.92 Å². The van der Waals surface area contributed by atoms with Gasteiger partial charge in [0.15, 0.2) is 0 Å². The molecule has 1 aliphatic rings. The smallest absolute Gasteiger partial charge is 0.323 e. The van der Waals surface area contributed by atoms with Crippen molar-refractivity contribution in [3.05, 3.63) is 35.9 Å². The van der Waals surface area contributed by atoms with E-state index in [4.69, 9.17) is 4.74 Å². The Morgan fingerprint density at radius 3 is 2.78 bits per heavy atom. The molecule has 0 bridgehead atoms. The van der Waals surface area contributed by atoms with Crippen molar-refractivity contribution in [3.8, 4) is 0 Å². The molecule has 100 valence electrons. The van der Waals surface area contributed by atoms with Crippen molar-refractivity contribution in [1.82, 2.24) is 5.32 Å². The number of hydrogen-bond donors (Lipinski definition) is 1. The van der Waals surface area contributed by atoms with E-state index in [-0.39, 0.29) is 24.4 Å². The molecule has 1 aliphatic heterocycles. The quantitative estimate of drug-likeness (QED) is 0.857. The van der Waals surface area contributed by atoms with Crippen molar-refractivity contribution in [3.63, 3.8) is 0 Å². The maximum atomic E-state index is 11.8. The molecule has 0 amide bonds. The Hall–Kier alpha value is -1.06. The fraction of sp³-hybridized carbons (Fsp3) is 0.500. The Labute approximate surface area is 114 Å². The molecule has 0 spiro atoms. The van der Waals surface area contributed by atoms with Gasteiger partial charge in [-0.05, 0) is 30.9 Å². The third-order valence-electron chi connectivity index (χ3n) is 3.17. The standard InChI is InChI=1S/C14H19NO2.ClH/c1-11-7-8-15-13(9-11)14(16)17-10-12-5-3-2-4-6-12;/h2-6,11,13,15H,7-10H2,1H3;1H. The summed E-state index contributed by atoms with van der Waals surface area (Å²) in [6, 6.07) is 9.65. The van der Waals surface area contributed by atoms with Gasteiger partial charge in [-0.3, -0.25) is 4.79 Å². The zero-order chi connectivity index (χ0) is 12.1. The fourth-order valence-corrected chi connectivity index (χ4v) is 2.12. The molecule has 18 heavy (non-hydrogen) atoms.